The highest BCUT2D eigenvalue weighted by Crippen LogP contribution is 2.30. The van der Waals surface area contributed by atoms with Crippen molar-refractivity contribution in [2.75, 3.05) is 5.32 Å². The number of carbonyl (C=O) groups is 2. The summed E-state index contributed by atoms with van der Waals surface area (Å²) in [5.74, 6) is -1.29. The number of nitrogens with two attached hydrogens (primary N) is 1. The van der Waals surface area contributed by atoms with Crippen LogP contribution in [0.25, 0.3) is 16.6 Å². The van der Waals surface area contributed by atoms with Gasteiger partial charge in [-0.3, -0.25) is 9.59 Å². The lowest BCUT2D eigenvalue weighted by molar-refractivity contribution is 0.0977. The van der Waals surface area contributed by atoms with Gasteiger partial charge in [-0.25, -0.2) is 4.98 Å². The standard InChI is InChI=1S/C17H12N4O3/c18-16(22)15-14(10-5-1-2-6-12(10)24-15)20-17(23)11-9-21-8-4-3-7-13(21)19-11/h1-9H,(H2,18,22)(H,20,23). The largest absolute Gasteiger partial charge is 0.449 e. The normalized spacial score (nSPS) is 11.0. The molecule has 0 atom stereocenters. The third-order valence-electron chi connectivity index (χ3n) is 3.65. The SMILES string of the molecule is NC(=O)c1oc2ccccc2c1NC(=O)c1cn2ccccc2n1. The lowest BCUT2D eigenvalue weighted by Crippen LogP contribution is -2.17. The molecule has 0 aliphatic heterocycles. The number of hydrogen-bond acceptors (Lipinski definition) is 4. The minimum Gasteiger partial charge on any atom is -0.449 e. The molecule has 118 valence electrons. The van der Waals surface area contributed by atoms with Gasteiger partial charge in [0, 0.05) is 17.8 Å². The first-order valence-corrected chi connectivity index (χ1v) is 7.20. The number of aromatic nitrogens is 2. The first-order valence-electron chi connectivity index (χ1n) is 7.20. The van der Waals surface area contributed by atoms with Crippen molar-refractivity contribution in [3.05, 3.63) is 66.3 Å². The number of rotatable bonds is 3. The number of imidazole rings is 1. The smallest absolute Gasteiger partial charge is 0.286 e. The Bertz CT molecular complexity index is 1060. The molecular formula is C17H12N4O3. The van der Waals surface area contributed by atoms with E-state index in [0.29, 0.717) is 16.6 Å². The number of fused-ring (bicyclic) bond motifs is 2. The van der Waals surface area contributed by atoms with Crippen LogP contribution < -0.4 is 11.1 Å². The number of nitrogens with one attached hydrogen (secondary N) is 1. The van der Waals surface area contributed by atoms with E-state index in [-0.39, 0.29) is 17.1 Å². The predicted octanol–water partition coefficient (Wildman–Crippen LogP) is 2.43. The Balaban J connectivity index is 1.76. The Labute approximate surface area is 135 Å². The van der Waals surface area contributed by atoms with Crippen molar-refractivity contribution in [1.29, 1.82) is 0 Å². The molecule has 3 N–H and O–H groups in total. The number of primary amides is 1. The van der Waals surface area contributed by atoms with Gasteiger partial charge in [-0.15, -0.1) is 0 Å². The second-order valence-electron chi connectivity index (χ2n) is 5.21. The molecule has 7 nitrogen and oxygen atoms in total. The molecule has 0 aliphatic carbocycles. The summed E-state index contributed by atoms with van der Waals surface area (Å²) in [5.41, 5.74) is 6.94. The van der Waals surface area contributed by atoms with Crippen LogP contribution in [0.5, 0.6) is 0 Å². The monoisotopic (exact) mass is 320 g/mol. The molecule has 2 amide bonds. The van der Waals surface area contributed by atoms with E-state index < -0.39 is 11.8 Å². The number of amides is 2. The molecule has 0 bridgehead atoms. The van der Waals surface area contributed by atoms with Gasteiger partial charge in [-0.1, -0.05) is 18.2 Å². The Morgan fingerprint density at radius 2 is 1.92 bits per heavy atom. The van der Waals surface area contributed by atoms with Crippen molar-refractivity contribution < 1.29 is 14.0 Å². The van der Waals surface area contributed by atoms with Crippen LogP contribution in [0.1, 0.15) is 21.0 Å². The maximum absolute atomic E-state index is 12.5. The summed E-state index contributed by atoms with van der Waals surface area (Å²) in [5, 5.41) is 3.28. The fourth-order valence-electron chi connectivity index (χ4n) is 2.56. The van der Waals surface area contributed by atoms with Crippen LogP contribution in [0.3, 0.4) is 0 Å². The lowest BCUT2D eigenvalue weighted by Gasteiger charge is -2.02. The number of pyridine rings is 1. The molecule has 4 aromatic rings. The Hall–Kier alpha value is -3.61. The number of furan rings is 1. The summed E-state index contributed by atoms with van der Waals surface area (Å²) in [6.45, 7) is 0. The van der Waals surface area contributed by atoms with Crippen molar-refractivity contribution >= 4 is 34.1 Å². The number of nitrogens with zero attached hydrogens (tertiary/aromatic N) is 2. The van der Waals surface area contributed by atoms with Gasteiger partial charge in [0.1, 0.15) is 22.6 Å². The average Bonchev–Trinajstić information content (AvgIpc) is 3.17. The molecule has 0 radical (unpaired) electrons. The van der Waals surface area contributed by atoms with Crippen LogP contribution in [0.2, 0.25) is 0 Å². The Morgan fingerprint density at radius 1 is 1.12 bits per heavy atom. The van der Waals surface area contributed by atoms with Gasteiger partial charge in [0.05, 0.1) is 0 Å². The molecule has 0 fully saturated rings. The van der Waals surface area contributed by atoms with Gasteiger partial charge < -0.3 is 19.9 Å². The molecule has 7 heteroatoms. The molecule has 0 unspecified atom stereocenters. The maximum atomic E-state index is 12.5. The van der Waals surface area contributed by atoms with E-state index in [4.69, 9.17) is 10.2 Å². The quantitative estimate of drug-likeness (QED) is 0.605. The van der Waals surface area contributed by atoms with Crippen molar-refractivity contribution in [2.24, 2.45) is 5.73 Å². The zero-order valence-corrected chi connectivity index (χ0v) is 12.4. The number of hydrogen-bond donors (Lipinski definition) is 2. The van der Waals surface area contributed by atoms with Crippen LogP contribution in [-0.2, 0) is 0 Å². The molecule has 0 saturated heterocycles. The van der Waals surface area contributed by atoms with Gasteiger partial charge in [0.15, 0.2) is 0 Å². The van der Waals surface area contributed by atoms with Crippen LogP contribution in [0.15, 0.2) is 59.3 Å². The summed E-state index contributed by atoms with van der Waals surface area (Å²) >= 11 is 0. The number of anilines is 1. The third kappa shape index (κ3) is 2.19. The lowest BCUT2D eigenvalue weighted by atomic mass is 10.2. The van der Waals surface area contributed by atoms with E-state index in [1.54, 1.807) is 47.1 Å². The van der Waals surface area contributed by atoms with E-state index in [9.17, 15) is 9.59 Å². The molecule has 3 heterocycles. The highest BCUT2D eigenvalue weighted by molar-refractivity contribution is 6.13. The summed E-state index contributed by atoms with van der Waals surface area (Å²) in [6, 6.07) is 12.4. The minimum absolute atomic E-state index is 0.0895. The first-order chi connectivity index (χ1) is 11.6. The predicted molar refractivity (Wildman–Crippen MR) is 87.9 cm³/mol. The van der Waals surface area contributed by atoms with Crippen LogP contribution >= 0.6 is 0 Å². The fraction of sp³-hybridized carbons (Fsp3) is 0. The first kappa shape index (κ1) is 14.0. The van der Waals surface area contributed by atoms with E-state index in [1.807, 2.05) is 12.1 Å². The summed E-state index contributed by atoms with van der Waals surface area (Å²) in [4.78, 5) is 28.4. The molecule has 3 aromatic heterocycles. The van der Waals surface area contributed by atoms with E-state index in [2.05, 4.69) is 10.3 Å². The second kappa shape index (κ2) is 5.24. The van der Waals surface area contributed by atoms with E-state index in [1.165, 1.54) is 0 Å². The summed E-state index contributed by atoms with van der Waals surface area (Å²) in [6.07, 6.45) is 3.40. The van der Waals surface area contributed by atoms with Crippen LogP contribution in [0.4, 0.5) is 5.69 Å². The van der Waals surface area contributed by atoms with Crippen LogP contribution in [-0.4, -0.2) is 21.2 Å². The van der Waals surface area contributed by atoms with Gasteiger partial charge in [0.25, 0.3) is 11.8 Å². The highest BCUT2D eigenvalue weighted by Gasteiger charge is 2.21. The van der Waals surface area contributed by atoms with E-state index >= 15 is 0 Å². The highest BCUT2D eigenvalue weighted by atomic mass is 16.3. The zero-order valence-electron chi connectivity index (χ0n) is 12.4. The van der Waals surface area contributed by atoms with Gasteiger partial charge in [0.2, 0.25) is 5.76 Å². The summed E-state index contributed by atoms with van der Waals surface area (Å²) < 4.78 is 7.17. The van der Waals surface area contributed by atoms with Crippen molar-refractivity contribution in [3.63, 3.8) is 0 Å². The summed E-state index contributed by atoms with van der Waals surface area (Å²) in [7, 11) is 0. The number of carbonyl (C=O) groups excluding carboxylic acids is 2. The number of para-hydroxylation sites is 1. The van der Waals surface area contributed by atoms with Crippen molar-refractivity contribution in [2.45, 2.75) is 0 Å². The maximum Gasteiger partial charge on any atom is 0.286 e. The Morgan fingerprint density at radius 3 is 2.71 bits per heavy atom. The fourth-order valence-corrected chi connectivity index (χ4v) is 2.56. The molecule has 1 aromatic carbocycles. The van der Waals surface area contributed by atoms with Gasteiger partial charge in [-0.2, -0.15) is 0 Å². The average molecular weight is 320 g/mol. The van der Waals surface area contributed by atoms with Crippen molar-refractivity contribution in [1.82, 2.24) is 9.38 Å². The van der Waals surface area contributed by atoms with E-state index in [0.717, 1.165) is 0 Å². The van der Waals surface area contributed by atoms with Crippen molar-refractivity contribution in [3.8, 4) is 0 Å². The van der Waals surface area contributed by atoms with Gasteiger partial charge >= 0.3 is 0 Å². The molecular weight excluding hydrogens is 308 g/mol. The zero-order chi connectivity index (χ0) is 16.7. The Kier molecular flexibility index (Phi) is 3.06. The third-order valence-corrected chi connectivity index (χ3v) is 3.65. The molecule has 0 aliphatic rings. The molecule has 0 spiro atoms. The topological polar surface area (TPSA) is 103 Å². The molecule has 0 saturated carbocycles. The molecule has 24 heavy (non-hydrogen) atoms. The molecule has 4 rings (SSSR count). The minimum atomic E-state index is -0.753. The second-order valence-corrected chi connectivity index (χ2v) is 5.21. The number of benzene rings is 1. The van der Waals surface area contributed by atoms with Crippen LogP contribution in [0, 0.1) is 0 Å². The van der Waals surface area contributed by atoms with Gasteiger partial charge in [-0.05, 0) is 24.3 Å².